The van der Waals surface area contributed by atoms with Crippen LogP contribution < -0.4 is 5.32 Å². The van der Waals surface area contributed by atoms with Crippen molar-refractivity contribution in [1.82, 2.24) is 8.75 Å². The third kappa shape index (κ3) is 3.57. The highest BCUT2D eigenvalue weighted by molar-refractivity contribution is 7.00. The van der Waals surface area contributed by atoms with E-state index in [2.05, 4.69) is 14.1 Å². The molecule has 0 aliphatic rings. The van der Waals surface area contributed by atoms with Crippen molar-refractivity contribution in [2.45, 2.75) is 13.3 Å². The van der Waals surface area contributed by atoms with Gasteiger partial charge in [-0.15, -0.1) is 0 Å². The Morgan fingerprint density at radius 2 is 1.92 bits per heavy atom. The Morgan fingerprint density at radius 1 is 1.12 bits per heavy atom. The molecule has 0 radical (unpaired) electrons. The van der Waals surface area contributed by atoms with Gasteiger partial charge < -0.3 is 10.1 Å². The summed E-state index contributed by atoms with van der Waals surface area (Å²) in [4.78, 5) is 23.9. The quantitative estimate of drug-likeness (QED) is 0.721. The number of hydrogen-bond donors (Lipinski definition) is 1. The number of fused-ring (bicyclic) bond motifs is 1. The molecule has 1 aromatic heterocycles. The van der Waals surface area contributed by atoms with Crippen molar-refractivity contribution >= 4 is 40.3 Å². The summed E-state index contributed by atoms with van der Waals surface area (Å²) in [7, 11) is 0. The van der Waals surface area contributed by atoms with Crippen LogP contribution in [0.15, 0.2) is 42.5 Å². The first kappa shape index (κ1) is 16.1. The van der Waals surface area contributed by atoms with Crippen LogP contribution in [0, 0.1) is 0 Å². The lowest BCUT2D eigenvalue weighted by atomic mass is 10.1. The Labute approximate surface area is 142 Å². The Morgan fingerprint density at radius 3 is 2.67 bits per heavy atom. The van der Waals surface area contributed by atoms with E-state index in [4.69, 9.17) is 4.74 Å². The van der Waals surface area contributed by atoms with Gasteiger partial charge >= 0.3 is 5.97 Å². The van der Waals surface area contributed by atoms with Crippen LogP contribution in [0.3, 0.4) is 0 Å². The Kier molecular flexibility index (Phi) is 4.81. The summed E-state index contributed by atoms with van der Waals surface area (Å²) in [6.45, 7) is 1.68. The van der Waals surface area contributed by atoms with Gasteiger partial charge in [-0.2, -0.15) is 8.75 Å². The number of esters is 1. The minimum atomic E-state index is -0.527. The molecule has 2 aromatic carbocycles. The fourth-order valence-electron chi connectivity index (χ4n) is 2.18. The van der Waals surface area contributed by atoms with Crippen molar-refractivity contribution in [1.29, 1.82) is 0 Å². The zero-order chi connectivity index (χ0) is 16.9. The Balaban J connectivity index is 1.59. The zero-order valence-corrected chi connectivity index (χ0v) is 13.8. The minimum absolute atomic E-state index is 0.359. The fraction of sp³-hybridized carbons (Fsp3) is 0.176. The van der Waals surface area contributed by atoms with Crippen molar-refractivity contribution < 1.29 is 14.3 Å². The molecule has 1 heterocycles. The van der Waals surface area contributed by atoms with Gasteiger partial charge in [0, 0.05) is 0 Å². The van der Waals surface area contributed by atoms with Gasteiger partial charge in [-0.25, -0.2) is 4.79 Å². The summed E-state index contributed by atoms with van der Waals surface area (Å²) in [5.74, 6) is -0.949. The molecule has 1 amide bonds. The Bertz CT molecular complexity index is 874. The van der Waals surface area contributed by atoms with Gasteiger partial charge in [0.05, 0.1) is 23.0 Å². The molecule has 0 aliphatic heterocycles. The maximum absolute atomic E-state index is 12.0. The average Bonchev–Trinajstić information content (AvgIpc) is 3.09. The molecule has 0 saturated heterocycles. The number of ether oxygens (including phenoxy) is 1. The largest absolute Gasteiger partial charge is 0.452 e. The molecule has 122 valence electrons. The zero-order valence-electron chi connectivity index (χ0n) is 13.0. The number of rotatable bonds is 5. The van der Waals surface area contributed by atoms with Crippen LogP contribution >= 0.6 is 11.7 Å². The normalized spacial score (nSPS) is 10.5. The molecule has 3 aromatic rings. The van der Waals surface area contributed by atoms with E-state index < -0.39 is 11.9 Å². The minimum Gasteiger partial charge on any atom is -0.452 e. The lowest BCUT2D eigenvalue weighted by molar-refractivity contribution is -0.119. The highest BCUT2D eigenvalue weighted by Gasteiger charge is 2.12. The molecule has 0 unspecified atom stereocenters. The first-order valence-corrected chi connectivity index (χ1v) is 8.17. The number of carbonyl (C=O) groups excluding carboxylic acids is 2. The molecule has 0 spiro atoms. The molecule has 0 atom stereocenters. The predicted octanol–water partition coefficient (Wildman–Crippen LogP) is 3.05. The van der Waals surface area contributed by atoms with Crippen molar-refractivity contribution in [2.75, 3.05) is 11.9 Å². The fourth-order valence-corrected chi connectivity index (χ4v) is 2.73. The molecule has 7 heteroatoms. The standard InChI is InChI=1S/C17H15N3O3S/c1-2-11-6-8-12(9-7-11)17(22)23-10-15(21)18-13-4-3-5-14-16(13)20-24-19-14/h3-9H,2,10H2,1H3,(H,18,21). The highest BCUT2D eigenvalue weighted by atomic mass is 32.1. The summed E-state index contributed by atoms with van der Waals surface area (Å²) >= 11 is 1.08. The maximum Gasteiger partial charge on any atom is 0.338 e. The van der Waals surface area contributed by atoms with Crippen molar-refractivity contribution in [2.24, 2.45) is 0 Å². The first-order valence-electron chi connectivity index (χ1n) is 7.44. The maximum atomic E-state index is 12.0. The monoisotopic (exact) mass is 341 g/mol. The van der Waals surface area contributed by atoms with Gasteiger partial charge in [-0.3, -0.25) is 4.79 Å². The second kappa shape index (κ2) is 7.18. The number of benzene rings is 2. The number of carbonyl (C=O) groups is 2. The molecular weight excluding hydrogens is 326 g/mol. The molecular formula is C17H15N3O3S. The van der Waals surface area contributed by atoms with Gasteiger partial charge in [0.25, 0.3) is 5.91 Å². The van der Waals surface area contributed by atoms with Crippen molar-refractivity contribution in [3.8, 4) is 0 Å². The lowest BCUT2D eigenvalue weighted by Gasteiger charge is -2.07. The third-order valence-corrected chi connectivity index (χ3v) is 4.03. The van der Waals surface area contributed by atoms with E-state index in [-0.39, 0.29) is 6.61 Å². The second-order valence-electron chi connectivity index (χ2n) is 5.11. The van der Waals surface area contributed by atoms with E-state index in [9.17, 15) is 9.59 Å². The van der Waals surface area contributed by atoms with Crippen LogP contribution in [-0.2, 0) is 16.0 Å². The van der Waals surface area contributed by atoms with Crippen molar-refractivity contribution in [3.05, 3.63) is 53.6 Å². The van der Waals surface area contributed by atoms with E-state index in [1.165, 1.54) is 0 Å². The number of aryl methyl sites for hydroxylation is 1. The van der Waals surface area contributed by atoms with Gasteiger partial charge in [-0.1, -0.05) is 25.1 Å². The van der Waals surface area contributed by atoms with Crippen LogP contribution in [0.4, 0.5) is 5.69 Å². The van der Waals surface area contributed by atoms with Gasteiger partial charge in [0.1, 0.15) is 11.0 Å². The molecule has 3 rings (SSSR count). The Hall–Kier alpha value is -2.80. The summed E-state index contributed by atoms with van der Waals surface area (Å²) in [6, 6.07) is 12.4. The van der Waals surface area contributed by atoms with Crippen LogP contribution in [0.2, 0.25) is 0 Å². The van der Waals surface area contributed by atoms with E-state index in [1.807, 2.05) is 25.1 Å². The molecule has 0 fully saturated rings. The SMILES string of the molecule is CCc1ccc(C(=O)OCC(=O)Nc2cccc3nsnc23)cc1. The average molecular weight is 341 g/mol. The van der Waals surface area contributed by atoms with Crippen LogP contribution in [0.1, 0.15) is 22.8 Å². The molecule has 0 bridgehead atoms. The molecule has 24 heavy (non-hydrogen) atoms. The van der Waals surface area contributed by atoms with Gasteiger partial charge in [0.15, 0.2) is 6.61 Å². The highest BCUT2D eigenvalue weighted by Crippen LogP contribution is 2.20. The molecule has 6 nitrogen and oxygen atoms in total. The smallest absolute Gasteiger partial charge is 0.338 e. The number of aromatic nitrogens is 2. The lowest BCUT2D eigenvalue weighted by Crippen LogP contribution is -2.21. The van der Waals surface area contributed by atoms with Crippen LogP contribution in [0.25, 0.3) is 11.0 Å². The van der Waals surface area contributed by atoms with Gasteiger partial charge in [0.2, 0.25) is 0 Å². The van der Waals surface area contributed by atoms with E-state index in [0.717, 1.165) is 23.7 Å². The molecule has 0 saturated carbocycles. The van der Waals surface area contributed by atoms with Crippen LogP contribution in [0.5, 0.6) is 0 Å². The predicted molar refractivity (Wildman–Crippen MR) is 92.1 cm³/mol. The van der Waals surface area contributed by atoms with Crippen LogP contribution in [-0.4, -0.2) is 27.2 Å². The number of nitrogens with zero attached hydrogens (tertiary/aromatic N) is 2. The van der Waals surface area contributed by atoms with Gasteiger partial charge in [-0.05, 0) is 36.2 Å². The first-order chi connectivity index (χ1) is 11.7. The number of hydrogen-bond acceptors (Lipinski definition) is 6. The number of anilines is 1. The topological polar surface area (TPSA) is 81.2 Å². The number of nitrogens with one attached hydrogen (secondary N) is 1. The van der Waals surface area contributed by atoms with E-state index in [0.29, 0.717) is 22.3 Å². The summed E-state index contributed by atoms with van der Waals surface area (Å²) in [5.41, 5.74) is 3.44. The molecule has 1 N–H and O–H groups in total. The van der Waals surface area contributed by atoms with Crippen molar-refractivity contribution in [3.63, 3.8) is 0 Å². The summed E-state index contributed by atoms with van der Waals surface area (Å²) in [6.07, 6.45) is 0.898. The molecule has 0 aliphatic carbocycles. The third-order valence-electron chi connectivity index (χ3n) is 3.49. The second-order valence-corrected chi connectivity index (χ2v) is 5.64. The number of amides is 1. The summed E-state index contributed by atoms with van der Waals surface area (Å²) in [5, 5.41) is 2.68. The summed E-state index contributed by atoms with van der Waals surface area (Å²) < 4.78 is 13.3. The van der Waals surface area contributed by atoms with E-state index >= 15 is 0 Å². The van der Waals surface area contributed by atoms with E-state index in [1.54, 1.807) is 24.3 Å².